The van der Waals surface area contributed by atoms with Crippen LogP contribution in [0.5, 0.6) is 0 Å². The molecule has 0 aliphatic heterocycles. The van der Waals surface area contributed by atoms with Crippen LogP contribution in [0.4, 0.5) is 0 Å². The van der Waals surface area contributed by atoms with Gasteiger partial charge in [0.1, 0.15) is 6.29 Å². The molecule has 0 spiro atoms. The smallest absolute Gasteiger partial charge is 0.123 e. The van der Waals surface area contributed by atoms with Crippen LogP contribution in [0.1, 0.15) is 97.3 Å². The minimum absolute atomic E-state index is 0.314. The fourth-order valence-corrected chi connectivity index (χ4v) is 2.69. The van der Waals surface area contributed by atoms with Crippen LogP contribution in [0.15, 0.2) is 24.3 Å². The summed E-state index contributed by atoms with van der Waals surface area (Å²) in [6, 6.07) is 0. The van der Waals surface area contributed by atoms with E-state index in [1.54, 1.807) is 0 Å². The molecule has 0 aromatic heterocycles. The molecular weight excluding hydrogens is 268 g/mol. The van der Waals surface area contributed by atoms with Crippen molar-refractivity contribution in [3.63, 3.8) is 0 Å². The van der Waals surface area contributed by atoms with Gasteiger partial charge in [0.05, 0.1) is 0 Å². The van der Waals surface area contributed by atoms with Crippen LogP contribution in [0.3, 0.4) is 0 Å². The first-order chi connectivity index (χ1) is 10.8. The van der Waals surface area contributed by atoms with Crippen molar-refractivity contribution in [2.24, 2.45) is 5.92 Å². The molecule has 0 heterocycles. The quantitative estimate of drug-likeness (QED) is 0.170. The highest BCUT2D eigenvalue weighted by Crippen LogP contribution is 2.14. The Morgan fingerprint density at radius 3 is 1.91 bits per heavy atom. The second kappa shape index (κ2) is 18.2. The maximum absolute atomic E-state index is 10.8. The van der Waals surface area contributed by atoms with Crippen molar-refractivity contribution >= 4 is 6.29 Å². The summed E-state index contributed by atoms with van der Waals surface area (Å²) < 4.78 is 0. The lowest BCUT2D eigenvalue weighted by Crippen LogP contribution is -2.01. The Bertz CT molecular complexity index is 278. The molecule has 0 rings (SSSR count). The van der Waals surface area contributed by atoms with E-state index >= 15 is 0 Å². The van der Waals surface area contributed by atoms with Crippen LogP contribution in [-0.2, 0) is 4.79 Å². The van der Waals surface area contributed by atoms with E-state index in [9.17, 15) is 4.79 Å². The van der Waals surface area contributed by atoms with Crippen LogP contribution in [0, 0.1) is 5.92 Å². The maximum Gasteiger partial charge on any atom is 0.123 e. The molecule has 0 saturated heterocycles. The van der Waals surface area contributed by atoms with E-state index in [2.05, 4.69) is 38.2 Å². The molecule has 0 amide bonds. The average molecular weight is 307 g/mol. The number of aldehydes is 1. The Balaban J connectivity index is 3.31. The number of carbonyl (C=O) groups is 1. The van der Waals surface area contributed by atoms with Crippen molar-refractivity contribution in [3.8, 4) is 0 Å². The summed E-state index contributed by atoms with van der Waals surface area (Å²) in [5.41, 5.74) is 0. The molecule has 0 saturated carbocycles. The lowest BCUT2D eigenvalue weighted by molar-refractivity contribution is -0.111. The van der Waals surface area contributed by atoms with Crippen molar-refractivity contribution in [1.29, 1.82) is 0 Å². The lowest BCUT2D eigenvalue weighted by Gasteiger charge is -2.07. The standard InChI is InChI=1S/C21H38O/c1-3-5-6-7-8-9-10-11-12-13-14-15-16-17-19-21(20-22)18-4-2/h8-9,11-12,20-21H,3-7,10,13-19H2,1-2H3/b9-8-,12-11-. The van der Waals surface area contributed by atoms with Gasteiger partial charge in [0, 0.05) is 5.92 Å². The first-order valence-electron chi connectivity index (χ1n) is 9.60. The van der Waals surface area contributed by atoms with Gasteiger partial charge in [-0.3, -0.25) is 0 Å². The van der Waals surface area contributed by atoms with Gasteiger partial charge >= 0.3 is 0 Å². The van der Waals surface area contributed by atoms with Gasteiger partial charge in [-0.15, -0.1) is 0 Å². The Morgan fingerprint density at radius 2 is 1.32 bits per heavy atom. The number of unbranched alkanes of at least 4 members (excludes halogenated alkanes) is 7. The van der Waals surface area contributed by atoms with Gasteiger partial charge in [0.25, 0.3) is 0 Å². The molecular formula is C21H38O. The monoisotopic (exact) mass is 306 g/mol. The van der Waals surface area contributed by atoms with Gasteiger partial charge in [0.2, 0.25) is 0 Å². The van der Waals surface area contributed by atoms with Crippen molar-refractivity contribution in [2.45, 2.75) is 97.3 Å². The molecule has 128 valence electrons. The Kier molecular flexibility index (Phi) is 17.5. The fraction of sp³-hybridized carbons (Fsp3) is 0.762. The van der Waals surface area contributed by atoms with Gasteiger partial charge < -0.3 is 4.79 Å². The van der Waals surface area contributed by atoms with E-state index in [0.29, 0.717) is 5.92 Å². The first-order valence-corrected chi connectivity index (χ1v) is 9.60. The second-order valence-electron chi connectivity index (χ2n) is 6.35. The molecule has 1 nitrogen and oxygen atoms in total. The summed E-state index contributed by atoms with van der Waals surface area (Å²) in [6.45, 7) is 4.40. The zero-order valence-corrected chi connectivity index (χ0v) is 15.1. The third kappa shape index (κ3) is 15.5. The summed E-state index contributed by atoms with van der Waals surface area (Å²) in [6.07, 6.45) is 26.3. The Hall–Kier alpha value is -0.850. The van der Waals surface area contributed by atoms with Gasteiger partial charge in [0.15, 0.2) is 0 Å². The highest BCUT2D eigenvalue weighted by molar-refractivity contribution is 5.53. The minimum atomic E-state index is 0.314. The fourth-order valence-electron chi connectivity index (χ4n) is 2.69. The molecule has 22 heavy (non-hydrogen) atoms. The molecule has 0 aliphatic rings. The normalized spacial score (nSPS) is 13.2. The Labute approximate surface area is 139 Å². The molecule has 0 radical (unpaired) electrons. The largest absolute Gasteiger partial charge is 0.303 e. The van der Waals surface area contributed by atoms with Crippen molar-refractivity contribution < 1.29 is 4.79 Å². The van der Waals surface area contributed by atoms with Gasteiger partial charge in [-0.25, -0.2) is 0 Å². The van der Waals surface area contributed by atoms with E-state index in [-0.39, 0.29) is 0 Å². The molecule has 0 fully saturated rings. The van der Waals surface area contributed by atoms with Crippen LogP contribution in [0.25, 0.3) is 0 Å². The van der Waals surface area contributed by atoms with Gasteiger partial charge in [-0.05, 0) is 44.9 Å². The average Bonchev–Trinajstić information content (AvgIpc) is 2.54. The van der Waals surface area contributed by atoms with E-state index in [1.807, 2.05) is 0 Å². The number of rotatable bonds is 16. The van der Waals surface area contributed by atoms with E-state index in [1.165, 1.54) is 57.8 Å². The third-order valence-electron chi connectivity index (χ3n) is 4.13. The van der Waals surface area contributed by atoms with E-state index < -0.39 is 0 Å². The maximum atomic E-state index is 10.8. The van der Waals surface area contributed by atoms with Crippen molar-refractivity contribution in [2.75, 3.05) is 0 Å². The summed E-state index contributed by atoms with van der Waals surface area (Å²) in [4.78, 5) is 10.8. The summed E-state index contributed by atoms with van der Waals surface area (Å²) in [5, 5.41) is 0. The summed E-state index contributed by atoms with van der Waals surface area (Å²) in [7, 11) is 0. The Morgan fingerprint density at radius 1 is 0.682 bits per heavy atom. The zero-order chi connectivity index (χ0) is 16.3. The van der Waals surface area contributed by atoms with Crippen LogP contribution in [-0.4, -0.2) is 6.29 Å². The SMILES string of the molecule is CCCCC/C=C\C/C=C\CCCCCCC(C=O)CCC. The number of hydrogen-bond donors (Lipinski definition) is 0. The van der Waals surface area contributed by atoms with Crippen LogP contribution in [0.2, 0.25) is 0 Å². The van der Waals surface area contributed by atoms with Crippen molar-refractivity contribution in [3.05, 3.63) is 24.3 Å². The van der Waals surface area contributed by atoms with Crippen molar-refractivity contribution in [1.82, 2.24) is 0 Å². The highest BCUT2D eigenvalue weighted by atomic mass is 16.1. The minimum Gasteiger partial charge on any atom is -0.303 e. The third-order valence-corrected chi connectivity index (χ3v) is 4.13. The molecule has 1 atom stereocenters. The second-order valence-corrected chi connectivity index (χ2v) is 6.35. The summed E-state index contributed by atoms with van der Waals surface area (Å²) in [5.74, 6) is 0.314. The van der Waals surface area contributed by atoms with Gasteiger partial charge in [-0.2, -0.15) is 0 Å². The van der Waals surface area contributed by atoms with Gasteiger partial charge in [-0.1, -0.05) is 76.7 Å². The highest BCUT2D eigenvalue weighted by Gasteiger charge is 2.04. The lowest BCUT2D eigenvalue weighted by atomic mass is 9.97. The molecule has 0 aliphatic carbocycles. The van der Waals surface area contributed by atoms with E-state index in [0.717, 1.165) is 32.0 Å². The molecule has 0 aromatic carbocycles. The molecule has 0 aromatic rings. The zero-order valence-electron chi connectivity index (χ0n) is 15.1. The molecule has 0 N–H and O–H groups in total. The molecule has 1 unspecified atom stereocenters. The molecule has 0 bridgehead atoms. The van der Waals surface area contributed by atoms with Crippen LogP contribution >= 0.6 is 0 Å². The first kappa shape index (κ1) is 21.1. The summed E-state index contributed by atoms with van der Waals surface area (Å²) >= 11 is 0. The molecule has 1 heteroatoms. The number of allylic oxidation sites excluding steroid dienone is 4. The van der Waals surface area contributed by atoms with Crippen LogP contribution < -0.4 is 0 Å². The predicted octanol–water partition coefficient (Wildman–Crippen LogP) is 7.03. The van der Waals surface area contributed by atoms with E-state index in [4.69, 9.17) is 0 Å². The number of hydrogen-bond acceptors (Lipinski definition) is 1. The predicted molar refractivity (Wildman–Crippen MR) is 99.2 cm³/mol. The topological polar surface area (TPSA) is 17.1 Å². The number of carbonyl (C=O) groups excluding carboxylic acids is 1.